The maximum atomic E-state index is 6.65. The summed E-state index contributed by atoms with van der Waals surface area (Å²) in [6.45, 7) is 9.54. The Morgan fingerprint density at radius 3 is 2.65 bits per heavy atom. The number of nitrogens with two attached hydrogens (primary N) is 1. The maximum Gasteiger partial charge on any atom is 0.0286 e. The van der Waals surface area contributed by atoms with Crippen molar-refractivity contribution in [2.24, 2.45) is 17.6 Å². The normalized spacial score (nSPS) is 44.8. The topological polar surface area (TPSA) is 29.3 Å². The van der Waals surface area contributed by atoms with E-state index in [0.29, 0.717) is 0 Å². The zero-order valence-corrected chi connectivity index (χ0v) is 11.9. The Balaban J connectivity index is 1.94. The smallest absolute Gasteiger partial charge is 0.0286 e. The first kappa shape index (κ1) is 13.4. The van der Waals surface area contributed by atoms with E-state index in [2.05, 4.69) is 25.7 Å². The van der Waals surface area contributed by atoms with E-state index in [1.165, 1.54) is 45.1 Å². The van der Waals surface area contributed by atoms with Crippen LogP contribution in [0.3, 0.4) is 0 Å². The molecule has 2 fully saturated rings. The lowest BCUT2D eigenvalue weighted by Crippen LogP contribution is -2.56. The van der Waals surface area contributed by atoms with Gasteiger partial charge in [0.25, 0.3) is 0 Å². The van der Waals surface area contributed by atoms with Gasteiger partial charge in [0.1, 0.15) is 0 Å². The molecule has 0 amide bonds. The fraction of sp³-hybridized carbons (Fsp3) is 1.00. The number of nitrogens with zero attached hydrogens (tertiary/aromatic N) is 1. The average Bonchev–Trinajstić information content (AvgIpc) is 2.24. The van der Waals surface area contributed by atoms with Crippen molar-refractivity contribution < 1.29 is 0 Å². The highest BCUT2D eigenvalue weighted by molar-refractivity contribution is 4.94. The highest BCUT2D eigenvalue weighted by atomic mass is 15.2. The molecular weight excluding hydrogens is 208 g/mol. The first-order chi connectivity index (χ1) is 8.00. The molecule has 0 aromatic carbocycles. The van der Waals surface area contributed by atoms with Gasteiger partial charge < -0.3 is 5.73 Å². The molecule has 4 atom stereocenters. The second-order valence-electron chi connectivity index (χ2n) is 6.89. The minimum atomic E-state index is 0.100. The highest BCUT2D eigenvalue weighted by Crippen LogP contribution is 2.33. The Labute approximate surface area is 107 Å². The molecule has 1 saturated carbocycles. The lowest BCUT2D eigenvalue weighted by Gasteiger charge is -2.45. The molecule has 1 saturated heterocycles. The predicted octanol–water partition coefficient (Wildman–Crippen LogP) is 3.01. The molecule has 2 heteroatoms. The SMILES string of the molecule is CC1CCCC(N)(CN2CCCC(C)C2C)C1. The van der Waals surface area contributed by atoms with Gasteiger partial charge in [-0.15, -0.1) is 0 Å². The van der Waals surface area contributed by atoms with Crippen LogP contribution in [0.5, 0.6) is 0 Å². The van der Waals surface area contributed by atoms with Gasteiger partial charge in [-0.3, -0.25) is 4.90 Å². The van der Waals surface area contributed by atoms with Gasteiger partial charge in [-0.2, -0.15) is 0 Å². The third kappa shape index (κ3) is 3.23. The summed E-state index contributed by atoms with van der Waals surface area (Å²) < 4.78 is 0. The molecule has 100 valence electrons. The van der Waals surface area contributed by atoms with Crippen LogP contribution in [0.2, 0.25) is 0 Å². The average molecular weight is 238 g/mol. The molecular formula is C15H30N2. The third-order valence-corrected chi connectivity index (χ3v) is 5.15. The molecule has 2 nitrogen and oxygen atoms in total. The van der Waals surface area contributed by atoms with E-state index < -0.39 is 0 Å². The molecule has 2 N–H and O–H groups in total. The molecule has 0 aromatic rings. The van der Waals surface area contributed by atoms with Crippen LogP contribution in [0, 0.1) is 11.8 Å². The first-order valence-corrected chi connectivity index (χ1v) is 7.53. The van der Waals surface area contributed by atoms with E-state index in [1.54, 1.807) is 0 Å². The molecule has 2 aliphatic rings. The summed E-state index contributed by atoms with van der Waals surface area (Å²) in [4.78, 5) is 2.66. The summed E-state index contributed by atoms with van der Waals surface area (Å²) in [5.41, 5.74) is 6.75. The zero-order chi connectivity index (χ0) is 12.5. The Kier molecular flexibility index (Phi) is 4.14. The van der Waals surface area contributed by atoms with Crippen LogP contribution >= 0.6 is 0 Å². The largest absolute Gasteiger partial charge is 0.324 e. The minimum absolute atomic E-state index is 0.100. The van der Waals surface area contributed by atoms with Crippen molar-refractivity contribution >= 4 is 0 Å². The Morgan fingerprint density at radius 1 is 1.18 bits per heavy atom. The van der Waals surface area contributed by atoms with Crippen LogP contribution in [0.15, 0.2) is 0 Å². The van der Waals surface area contributed by atoms with Crippen molar-refractivity contribution in [3.8, 4) is 0 Å². The molecule has 0 spiro atoms. The molecule has 1 aliphatic carbocycles. The van der Waals surface area contributed by atoms with Crippen molar-refractivity contribution in [3.05, 3.63) is 0 Å². The monoisotopic (exact) mass is 238 g/mol. The summed E-state index contributed by atoms with van der Waals surface area (Å²) in [6, 6.07) is 0.724. The van der Waals surface area contributed by atoms with Crippen LogP contribution < -0.4 is 5.73 Å². The van der Waals surface area contributed by atoms with E-state index >= 15 is 0 Å². The molecule has 0 bridgehead atoms. The molecule has 0 aromatic heterocycles. The van der Waals surface area contributed by atoms with Crippen LogP contribution in [0.25, 0.3) is 0 Å². The fourth-order valence-electron chi connectivity index (χ4n) is 3.89. The van der Waals surface area contributed by atoms with Gasteiger partial charge >= 0.3 is 0 Å². The first-order valence-electron chi connectivity index (χ1n) is 7.53. The number of hydrogen-bond donors (Lipinski definition) is 1. The van der Waals surface area contributed by atoms with Gasteiger partial charge in [-0.25, -0.2) is 0 Å². The van der Waals surface area contributed by atoms with Gasteiger partial charge in [0.05, 0.1) is 0 Å². The third-order valence-electron chi connectivity index (χ3n) is 5.15. The number of piperidine rings is 1. The second kappa shape index (κ2) is 5.27. The van der Waals surface area contributed by atoms with E-state index in [4.69, 9.17) is 5.73 Å². The number of rotatable bonds is 2. The van der Waals surface area contributed by atoms with Crippen molar-refractivity contribution in [2.45, 2.75) is 70.9 Å². The summed E-state index contributed by atoms with van der Waals surface area (Å²) >= 11 is 0. The minimum Gasteiger partial charge on any atom is -0.324 e. The molecule has 0 radical (unpaired) electrons. The van der Waals surface area contributed by atoms with E-state index in [0.717, 1.165) is 24.4 Å². The van der Waals surface area contributed by atoms with Crippen LogP contribution in [-0.4, -0.2) is 29.6 Å². The summed E-state index contributed by atoms with van der Waals surface area (Å²) in [7, 11) is 0. The van der Waals surface area contributed by atoms with Crippen molar-refractivity contribution in [2.75, 3.05) is 13.1 Å². The summed E-state index contributed by atoms with van der Waals surface area (Å²) in [6.07, 6.45) is 7.92. The molecule has 1 heterocycles. The van der Waals surface area contributed by atoms with Crippen molar-refractivity contribution in [3.63, 3.8) is 0 Å². The van der Waals surface area contributed by atoms with Crippen LogP contribution in [0.4, 0.5) is 0 Å². The summed E-state index contributed by atoms with van der Waals surface area (Å²) in [5.74, 6) is 1.67. The van der Waals surface area contributed by atoms with E-state index in [1.807, 2.05) is 0 Å². The van der Waals surface area contributed by atoms with Gasteiger partial charge in [-0.1, -0.05) is 26.7 Å². The molecule has 1 aliphatic heterocycles. The van der Waals surface area contributed by atoms with E-state index in [-0.39, 0.29) is 5.54 Å². The summed E-state index contributed by atoms with van der Waals surface area (Å²) in [5, 5.41) is 0. The van der Waals surface area contributed by atoms with Gasteiger partial charge in [-0.05, 0) is 51.0 Å². The van der Waals surface area contributed by atoms with E-state index in [9.17, 15) is 0 Å². The lowest BCUT2D eigenvalue weighted by molar-refractivity contribution is 0.0684. The Bertz CT molecular complexity index is 253. The maximum absolute atomic E-state index is 6.65. The van der Waals surface area contributed by atoms with Crippen LogP contribution in [-0.2, 0) is 0 Å². The Morgan fingerprint density at radius 2 is 1.94 bits per heavy atom. The Hall–Kier alpha value is -0.0800. The highest BCUT2D eigenvalue weighted by Gasteiger charge is 2.35. The van der Waals surface area contributed by atoms with Crippen molar-refractivity contribution in [1.82, 2.24) is 4.90 Å². The lowest BCUT2D eigenvalue weighted by atomic mass is 9.76. The van der Waals surface area contributed by atoms with Crippen molar-refractivity contribution in [1.29, 1.82) is 0 Å². The zero-order valence-electron chi connectivity index (χ0n) is 11.9. The van der Waals surface area contributed by atoms with Gasteiger partial charge in [0.15, 0.2) is 0 Å². The standard InChI is InChI=1S/C15H30N2/c1-12-6-4-8-15(16,10-12)11-17-9-5-7-13(2)14(17)3/h12-14H,4-11,16H2,1-3H3. The number of likely N-dealkylation sites (tertiary alicyclic amines) is 1. The molecule has 4 unspecified atom stereocenters. The number of hydrogen-bond acceptors (Lipinski definition) is 2. The quantitative estimate of drug-likeness (QED) is 0.801. The van der Waals surface area contributed by atoms with Gasteiger partial charge in [0, 0.05) is 18.1 Å². The molecule has 17 heavy (non-hydrogen) atoms. The predicted molar refractivity (Wildman–Crippen MR) is 74.0 cm³/mol. The fourth-order valence-corrected chi connectivity index (χ4v) is 3.89. The van der Waals surface area contributed by atoms with Gasteiger partial charge in [0.2, 0.25) is 0 Å². The molecule has 2 rings (SSSR count). The van der Waals surface area contributed by atoms with Crippen LogP contribution in [0.1, 0.15) is 59.3 Å². The second-order valence-corrected chi connectivity index (χ2v) is 6.89.